The van der Waals surface area contributed by atoms with Gasteiger partial charge in [-0.15, -0.1) is 0 Å². The molecular formula is C22H16ClN3O3S. The lowest BCUT2D eigenvalue weighted by atomic mass is 10.2. The molecule has 1 amide bonds. The smallest absolute Gasteiger partial charge is 0.258 e. The van der Waals surface area contributed by atoms with Gasteiger partial charge < -0.3 is 14.5 Å². The van der Waals surface area contributed by atoms with Gasteiger partial charge in [0.1, 0.15) is 11.3 Å². The van der Waals surface area contributed by atoms with E-state index in [0.29, 0.717) is 33.5 Å². The summed E-state index contributed by atoms with van der Waals surface area (Å²) in [6, 6.07) is 19.6. The number of thiocarbonyl (C=S) groups is 1. The Hall–Kier alpha value is -3.42. The Morgan fingerprint density at radius 3 is 2.63 bits per heavy atom. The maximum atomic E-state index is 12.4. The normalized spacial score (nSPS) is 10.6. The minimum absolute atomic E-state index is 0.105. The van der Waals surface area contributed by atoms with Crippen molar-refractivity contribution in [3.8, 4) is 17.2 Å². The van der Waals surface area contributed by atoms with Gasteiger partial charge in [0.15, 0.2) is 10.7 Å². The van der Waals surface area contributed by atoms with Gasteiger partial charge in [0.2, 0.25) is 5.89 Å². The SMILES string of the molecule is COc1ccc(-c2nc3ccccc3o2)cc1NC(=S)NC(=O)c1ccccc1Cl. The highest BCUT2D eigenvalue weighted by Crippen LogP contribution is 2.31. The molecule has 0 saturated carbocycles. The van der Waals surface area contributed by atoms with Crippen LogP contribution in [0.4, 0.5) is 5.69 Å². The van der Waals surface area contributed by atoms with Gasteiger partial charge in [-0.05, 0) is 54.7 Å². The number of oxazole rings is 1. The van der Waals surface area contributed by atoms with Gasteiger partial charge in [-0.3, -0.25) is 10.1 Å². The van der Waals surface area contributed by atoms with E-state index in [0.717, 1.165) is 11.1 Å². The Kier molecular flexibility index (Phi) is 5.65. The third-order valence-corrected chi connectivity index (χ3v) is 4.87. The molecule has 1 aromatic heterocycles. The van der Waals surface area contributed by atoms with Crippen LogP contribution in [0.5, 0.6) is 5.75 Å². The second-order valence-electron chi connectivity index (χ2n) is 6.29. The fourth-order valence-electron chi connectivity index (χ4n) is 2.90. The summed E-state index contributed by atoms with van der Waals surface area (Å²) < 4.78 is 11.2. The van der Waals surface area contributed by atoms with Gasteiger partial charge in [0.05, 0.1) is 23.4 Å². The van der Waals surface area contributed by atoms with E-state index in [1.165, 1.54) is 0 Å². The van der Waals surface area contributed by atoms with Crippen LogP contribution in [-0.4, -0.2) is 23.1 Å². The number of hydrogen-bond donors (Lipinski definition) is 2. The zero-order valence-electron chi connectivity index (χ0n) is 15.8. The number of anilines is 1. The summed E-state index contributed by atoms with van der Waals surface area (Å²) in [5, 5.41) is 6.05. The van der Waals surface area contributed by atoms with E-state index in [1.54, 1.807) is 43.5 Å². The highest BCUT2D eigenvalue weighted by Gasteiger charge is 2.15. The number of benzene rings is 3. The lowest BCUT2D eigenvalue weighted by molar-refractivity contribution is 0.0978. The standard InChI is InChI=1S/C22H16ClN3O3S/c1-28-18-11-10-13(21-24-16-8-4-5-9-19(16)29-21)12-17(18)25-22(30)26-20(27)14-6-2-3-7-15(14)23/h2-12H,1H3,(H2,25,26,27,30). The first-order chi connectivity index (χ1) is 14.5. The number of nitrogens with zero attached hydrogens (tertiary/aromatic N) is 1. The molecule has 0 aliphatic heterocycles. The molecule has 8 heteroatoms. The summed E-state index contributed by atoms with van der Waals surface area (Å²) in [5.74, 6) is 0.601. The van der Waals surface area contributed by atoms with Crippen molar-refractivity contribution in [2.75, 3.05) is 12.4 Å². The summed E-state index contributed by atoms with van der Waals surface area (Å²) in [7, 11) is 1.55. The first-order valence-corrected chi connectivity index (χ1v) is 9.74. The molecule has 6 nitrogen and oxygen atoms in total. The fraction of sp³-hybridized carbons (Fsp3) is 0.0455. The Morgan fingerprint density at radius 1 is 1.10 bits per heavy atom. The van der Waals surface area contributed by atoms with Crippen LogP contribution in [0.3, 0.4) is 0 Å². The Labute approximate surface area is 182 Å². The third kappa shape index (κ3) is 4.12. The number of carbonyl (C=O) groups is 1. The van der Waals surface area contributed by atoms with Gasteiger partial charge in [-0.2, -0.15) is 0 Å². The van der Waals surface area contributed by atoms with Crippen molar-refractivity contribution in [2.24, 2.45) is 0 Å². The Morgan fingerprint density at radius 2 is 1.87 bits per heavy atom. The Balaban J connectivity index is 1.57. The van der Waals surface area contributed by atoms with Crippen LogP contribution < -0.4 is 15.4 Å². The Bertz CT molecular complexity index is 1220. The van der Waals surface area contributed by atoms with Crippen LogP contribution in [0.25, 0.3) is 22.6 Å². The molecule has 0 atom stereocenters. The monoisotopic (exact) mass is 437 g/mol. The molecule has 0 unspecified atom stereocenters. The molecule has 3 aromatic carbocycles. The molecule has 4 aromatic rings. The number of para-hydroxylation sites is 2. The van der Waals surface area contributed by atoms with Crippen molar-refractivity contribution >= 4 is 51.6 Å². The molecule has 0 aliphatic carbocycles. The second kappa shape index (κ2) is 8.52. The van der Waals surface area contributed by atoms with Gasteiger partial charge in [0.25, 0.3) is 5.91 Å². The minimum Gasteiger partial charge on any atom is -0.495 e. The van der Waals surface area contributed by atoms with E-state index in [4.69, 9.17) is 33.0 Å². The van der Waals surface area contributed by atoms with E-state index < -0.39 is 5.91 Å². The maximum Gasteiger partial charge on any atom is 0.258 e. The van der Waals surface area contributed by atoms with Crippen LogP contribution in [0.15, 0.2) is 71.1 Å². The molecule has 0 spiro atoms. The van der Waals surface area contributed by atoms with Crippen molar-refractivity contribution in [3.05, 3.63) is 77.3 Å². The first kappa shape index (κ1) is 19.9. The van der Waals surface area contributed by atoms with Crippen LogP contribution >= 0.6 is 23.8 Å². The highest BCUT2D eigenvalue weighted by atomic mass is 35.5. The number of halogens is 1. The van der Waals surface area contributed by atoms with E-state index in [1.807, 2.05) is 30.3 Å². The summed E-state index contributed by atoms with van der Waals surface area (Å²) in [6.45, 7) is 0. The highest BCUT2D eigenvalue weighted by molar-refractivity contribution is 7.80. The van der Waals surface area contributed by atoms with Crippen molar-refractivity contribution < 1.29 is 13.9 Å². The van der Waals surface area contributed by atoms with E-state index in [9.17, 15) is 4.79 Å². The van der Waals surface area contributed by atoms with Crippen molar-refractivity contribution in [1.29, 1.82) is 0 Å². The van der Waals surface area contributed by atoms with E-state index >= 15 is 0 Å². The molecule has 30 heavy (non-hydrogen) atoms. The van der Waals surface area contributed by atoms with Gasteiger partial charge in [-0.25, -0.2) is 4.98 Å². The van der Waals surface area contributed by atoms with E-state index in [2.05, 4.69) is 15.6 Å². The van der Waals surface area contributed by atoms with Crippen LogP contribution in [0.2, 0.25) is 5.02 Å². The summed E-state index contributed by atoms with van der Waals surface area (Å²) in [6.07, 6.45) is 0. The molecule has 4 rings (SSSR count). The fourth-order valence-corrected chi connectivity index (χ4v) is 3.33. The first-order valence-electron chi connectivity index (χ1n) is 8.96. The summed E-state index contributed by atoms with van der Waals surface area (Å²) >= 11 is 11.4. The lowest BCUT2D eigenvalue weighted by Crippen LogP contribution is -2.34. The predicted molar refractivity (Wildman–Crippen MR) is 121 cm³/mol. The molecule has 0 radical (unpaired) electrons. The predicted octanol–water partition coefficient (Wildman–Crippen LogP) is 5.28. The molecular weight excluding hydrogens is 422 g/mol. The average Bonchev–Trinajstić information content (AvgIpc) is 3.18. The third-order valence-electron chi connectivity index (χ3n) is 4.33. The molecule has 0 saturated heterocycles. The van der Waals surface area contributed by atoms with E-state index in [-0.39, 0.29) is 5.11 Å². The van der Waals surface area contributed by atoms with Gasteiger partial charge in [0, 0.05) is 5.56 Å². The number of hydrogen-bond acceptors (Lipinski definition) is 5. The molecule has 2 N–H and O–H groups in total. The quantitative estimate of drug-likeness (QED) is 0.423. The number of ether oxygens (including phenoxy) is 1. The second-order valence-corrected chi connectivity index (χ2v) is 7.11. The maximum absolute atomic E-state index is 12.4. The van der Waals surface area contributed by atoms with Crippen LogP contribution in [-0.2, 0) is 0 Å². The zero-order valence-corrected chi connectivity index (χ0v) is 17.4. The topological polar surface area (TPSA) is 76.4 Å². The van der Waals surface area contributed by atoms with Crippen LogP contribution in [0.1, 0.15) is 10.4 Å². The molecule has 150 valence electrons. The number of aromatic nitrogens is 1. The summed E-state index contributed by atoms with van der Waals surface area (Å²) in [5.41, 5.74) is 3.08. The minimum atomic E-state index is -0.410. The van der Waals surface area contributed by atoms with Crippen LogP contribution in [0, 0.1) is 0 Å². The number of carbonyl (C=O) groups excluding carboxylic acids is 1. The van der Waals surface area contributed by atoms with Gasteiger partial charge >= 0.3 is 0 Å². The zero-order chi connectivity index (χ0) is 21.1. The van der Waals surface area contributed by atoms with Crippen molar-refractivity contribution in [1.82, 2.24) is 10.3 Å². The number of methoxy groups -OCH3 is 1. The lowest BCUT2D eigenvalue weighted by Gasteiger charge is -2.14. The van der Waals surface area contributed by atoms with Crippen molar-refractivity contribution in [3.63, 3.8) is 0 Å². The molecule has 0 bridgehead atoms. The number of fused-ring (bicyclic) bond motifs is 1. The number of rotatable bonds is 4. The van der Waals surface area contributed by atoms with Gasteiger partial charge in [-0.1, -0.05) is 35.9 Å². The molecule has 0 aliphatic rings. The average molecular weight is 438 g/mol. The van der Waals surface area contributed by atoms with Crippen molar-refractivity contribution in [2.45, 2.75) is 0 Å². The molecule has 0 fully saturated rings. The summed E-state index contributed by atoms with van der Waals surface area (Å²) in [4.78, 5) is 16.9. The number of nitrogens with one attached hydrogen (secondary N) is 2. The largest absolute Gasteiger partial charge is 0.495 e. The number of amides is 1. The molecule has 1 heterocycles.